The van der Waals surface area contributed by atoms with E-state index in [0.29, 0.717) is 6.54 Å². The lowest BCUT2D eigenvalue weighted by molar-refractivity contribution is -0.145. The zero-order valence-electron chi connectivity index (χ0n) is 11.1. The Kier molecular flexibility index (Phi) is 4.20. The fourth-order valence-corrected chi connectivity index (χ4v) is 2.85. The molecule has 0 bridgehead atoms. The van der Waals surface area contributed by atoms with E-state index in [2.05, 4.69) is 12.1 Å². The van der Waals surface area contributed by atoms with Crippen molar-refractivity contribution in [1.29, 1.82) is 0 Å². The van der Waals surface area contributed by atoms with Crippen LogP contribution in [0.15, 0.2) is 24.3 Å². The van der Waals surface area contributed by atoms with Crippen LogP contribution in [0.25, 0.3) is 0 Å². The summed E-state index contributed by atoms with van der Waals surface area (Å²) in [7, 11) is 0. The van der Waals surface area contributed by atoms with Gasteiger partial charge in [-0.25, -0.2) is 0 Å². The second kappa shape index (κ2) is 5.87. The van der Waals surface area contributed by atoms with Gasteiger partial charge in [-0.15, -0.1) is 0 Å². The summed E-state index contributed by atoms with van der Waals surface area (Å²) in [4.78, 5) is 24.5. The Labute approximate surface area is 113 Å². The number of benzene rings is 1. The fraction of sp³-hybridized carbons (Fsp3) is 0.467. The van der Waals surface area contributed by atoms with Crippen LogP contribution in [-0.2, 0) is 16.0 Å². The van der Waals surface area contributed by atoms with Gasteiger partial charge in [0.25, 0.3) is 0 Å². The molecule has 102 valence electrons. The minimum atomic E-state index is -1.06. The summed E-state index contributed by atoms with van der Waals surface area (Å²) in [5.74, 6) is -1.36. The van der Waals surface area contributed by atoms with Crippen LogP contribution in [0.5, 0.6) is 0 Å². The first-order valence-corrected chi connectivity index (χ1v) is 6.72. The number of carbonyl (C=O) groups excluding carboxylic acids is 1. The summed E-state index contributed by atoms with van der Waals surface area (Å²) >= 11 is 0. The maximum absolute atomic E-state index is 12.0. The molecule has 1 aromatic carbocycles. The number of rotatable bonds is 4. The highest BCUT2D eigenvalue weighted by Gasteiger charge is 2.28. The van der Waals surface area contributed by atoms with Crippen LogP contribution in [0.1, 0.15) is 43.4 Å². The number of fused-ring (bicyclic) bond motifs is 1. The van der Waals surface area contributed by atoms with E-state index in [1.807, 2.05) is 19.1 Å². The highest BCUT2D eigenvalue weighted by atomic mass is 16.4. The molecule has 0 radical (unpaired) electrons. The Morgan fingerprint density at radius 3 is 2.79 bits per heavy atom. The number of aryl methyl sites for hydroxylation is 1. The molecule has 1 aliphatic rings. The molecular weight excluding hydrogens is 242 g/mol. The minimum Gasteiger partial charge on any atom is -0.481 e. The molecule has 4 nitrogen and oxygen atoms in total. The highest BCUT2D eigenvalue weighted by molar-refractivity contribution is 5.93. The quantitative estimate of drug-likeness (QED) is 0.847. The molecule has 1 amide bonds. The van der Waals surface area contributed by atoms with Crippen LogP contribution < -0.4 is 0 Å². The predicted octanol–water partition coefficient (Wildman–Crippen LogP) is 2.39. The van der Waals surface area contributed by atoms with Gasteiger partial charge < -0.3 is 10.0 Å². The van der Waals surface area contributed by atoms with E-state index in [9.17, 15) is 9.59 Å². The molecule has 0 saturated carbocycles. The molecule has 19 heavy (non-hydrogen) atoms. The molecule has 0 heterocycles. The van der Waals surface area contributed by atoms with Gasteiger partial charge in [0.2, 0.25) is 5.91 Å². The smallest absolute Gasteiger partial charge is 0.312 e. The molecule has 1 atom stereocenters. The lowest BCUT2D eigenvalue weighted by Gasteiger charge is -2.35. The zero-order valence-corrected chi connectivity index (χ0v) is 11.1. The number of hydrogen-bond donors (Lipinski definition) is 1. The third-order valence-corrected chi connectivity index (χ3v) is 3.68. The largest absolute Gasteiger partial charge is 0.481 e. The molecule has 0 unspecified atom stereocenters. The summed E-state index contributed by atoms with van der Waals surface area (Å²) < 4.78 is 0. The second-order valence-electron chi connectivity index (χ2n) is 4.86. The number of aliphatic carboxylic acids is 1. The third kappa shape index (κ3) is 2.95. The van der Waals surface area contributed by atoms with Gasteiger partial charge >= 0.3 is 5.97 Å². The van der Waals surface area contributed by atoms with Gasteiger partial charge in [-0.2, -0.15) is 0 Å². The fourth-order valence-electron chi connectivity index (χ4n) is 2.85. The molecule has 1 aromatic rings. The van der Waals surface area contributed by atoms with E-state index in [-0.39, 0.29) is 11.9 Å². The minimum absolute atomic E-state index is 0.0294. The van der Waals surface area contributed by atoms with Gasteiger partial charge in [-0.3, -0.25) is 9.59 Å². The first kappa shape index (κ1) is 13.6. The number of carbonyl (C=O) groups is 2. The molecule has 4 heteroatoms. The van der Waals surface area contributed by atoms with Crippen molar-refractivity contribution in [3.63, 3.8) is 0 Å². The Morgan fingerprint density at radius 1 is 1.37 bits per heavy atom. The molecule has 2 rings (SSSR count). The van der Waals surface area contributed by atoms with Crippen molar-refractivity contribution in [1.82, 2.24) is 4.90 Å². The van der Waals surface area contributed by atoms with Crippen molar-refractivity contribution >= 4 is 11.9 Å². The van der Waals surface area contributed by atoms with E-state index in [0.717, 1.165) is 19.3 Å². The van der Waals surface area contributed by atoms with Crippen molar-refractivity contribution in [2.45, 2.75) is 38.6 Å². The van der Waals surface area contributed by atoms with Gasteiger partial charge in [0.15, 0.2) is 0 Å². The van der Waals surface area contributed by atoms with Crippen molar-refractivity contribution < 1.29 is 14.7 Å². The molecule has 1 N–H and O–H groups in total. The molecule has 0 spiro atoms. The third-order valence-electron chi connectivity index (χ3n) is 3.68. The van der Waals surface area contributed by atoms with Gasteiger partial charge in [-0.05, 0) is 37.3 Å². The lowest BCUT2D eigenvalue weighted by Crippen LogP contribution is -2.37. The number of carboxylic acid groups (broad SMARTS) is 1. The average molecular weight is 261 g/mol. The molecular formula is C15H19NO3. The van der Waals surface area contributed by atoms with Crippen molar-refractivity contribution in [2.24, 2.45) is 0 Å². The SMILES string of the molecule is CCN(C(=O)CC(=O)O)[C@H]1CCCc2ccccc21. The molecule has 0 aromatic heterocycles. The standard InChI is InChI=1S/C15H19NO3/c1-2-16(14(17)10-15(18)19)13-9-5-7-11-6-3-4-8-12(11)13/h3-4,6,8,13H,2,5,7,9-10H2,1H3,(H,18,19)/t13-/m0/s1. The van der Waals surface area contributed by atoms with Crippen LogP contribution in [0.2, 0.25) is 0 Å². The molecule has 0 saturated heterocycles. The van der Waals surface area contributed by atoms with E-state index >= 15 is 0 Å². The summed E-state index contributed by atoms with van der Waals surface area (Å²) in [6.45, 7) is 2.45. The predicted molar refractivity (Wildman–Crippen MR) is 71.8 cm³/mol. The van der Waals surface area contributed by atoms with Crippen LogP contribution in [0, 0.1) is 0 Å². The summed E-state index contributed by atoms with van der Waals surface area (Å²) in [6, 6.07) is 8.16. The van der Waals surface area contributed by atoms with E-state index in [1.54, 1.807) is 4.90 Å². The first-order valence-electron chi connectivity index (χ1n) is 6.72. The van der Waals surface area contributed by atoms with E-state index in [1.165, 1.54) is 11.1 Å². The van der Waals surface area contributed by atoms with Crippen LogP contribution in [-0.4, -0.2) is 28.4 Å². The second-order valence-corrected chi connectivity index (χ2v) is 4.86. The number of amides is 1. The summed E-state index contributed by atoms with van der Waals surface area (Å²) in [6.07, 6.45) is 2.57. The van der Waals surface area contributed by atoms with Gasteiger partial charge in [0, 0.05) is 6.54 Å². The van der Waals surface area contributed by atoms with Crippen molar-refractivity contribution in [3.8, 4) is 0 Å². The normalized spacial score (nSPS) is 17.6. The summed E-state index contributed by atoms with van der Waals surface area (Å²) in [5, 5.41) is 8.77. The lowest BCUT2D eigenvalue weighted by atomic mass is 9.86. The molecule has 0 aliphatic heterocycles. The van der Waals surface area contributed by atoms with Crippen LogP contribution >= 0.6 is 0 Å². The van der Waals surface area contributed by atoms with Gasteiger partial charge in [0.05, 0.1) is 6.04 Å². The van der Waals surface area contributed by atoms with Crippen molar-refractivity contribution in [3.05, 3.63) is 35.4 Å². The van der Waals surface area contributed by atoms with E-state index < -0.39 is 12.4 Å². The Morgan fingerprint density at radius 2 is 2.11 bits per heavy atom. The average Bonchev–Trinajstić information content (AvgIpc) is 2.39. The Balaban J connectivity index is 2.25. The number of nitrogens with zero attached hydrogens (tertiary/aromatic N) is 1. The maximum atomic E-state index is 12.0. The zero-order chi connectivity index (χ0) is 13.8. The van der Waals surface area contributed by atoms with Gasteiger partial charge in [0.1, 0.15) is 6.42 Å². The molecule has 1 aliphatic carbocycles. The Hall–Kier alpha value is -1.84. The van der Waals surface area contributed by atoms with Gasteiger partial charge in [-0.1, -0.05) is 24.3 Å². The maximum Gasteiger partial charge on any atom is 0.312 e. The number of hydrogen-bond acceptors (Lipinski definition) is 2. The van der Waals surface area contributed by atoms with Crippen LogP contribution in [0.3, 0.4) is 0 Å². The monoisotopic (exact) mass is 261 g/mol. The van der Waals surface area contributed by atoms with Crippen molar-refractivity contribution in [2.75, 3.05) is 6.54 Å². The van der Waals surface area contributed by atoms with E-state index in [4.69, 9.17) is 5.11 Å². The summed E-state index contributed by atoms with van der Waals surface area (Å²) in [5.41, 5.74) is 2.45. The first-order chi connectivity index (χ1) is 9.13. The van der Waals surface area contributed by atoms with Crippen LogP contribution in [0.4, 0.5) is 0 Å². The highest BCUT2D eigenvalue weighted by Crippen LogP contribution is 2.34. The topological polar surface area (TPSA) is 57.6 Å². The Bertz CT molecular complexity index is 484. The number of carboxylic acids is 1. The molecule has 0 fully saturated rings.